The number of aliphatic hydroxyl groups excluding tert-OH is 1. The average molecular weight is 503 g/mol. The molecule has 10 heteroatoms. The lowest BCUT2D eigenvalue weighted by Gasteiger charge is -2.68. The number of carbonyl (C=O) groups is 3. The normalized spacial score (nSPS) is 54.3. The lowest BCUT2D eigenvalue weighted by Crippen LogP contribution is -2.78. The molecule has 4 saturated heterocycles. The van der Waals surface area contributed by atoms with Crippen LogP contribution in [0.25, 0.3) is 0 Å². The maximum absolute atomic E-state index is 13.5. The molecule has 5 heterocycles. The van der Waals surface area contributed by atoms with E-state index in [9.17, 15) is 24.6 Å². The first kappa shape index (κ1) is 22.9. The van der Waals surface area contributed by atoms with E-state index in [0.717, 1.165) is 0 Å². The van der Waals surface area contributed by atoms with E-state index in [1.54, 1.807) is 19.9 Å². The van der Waals surface area contributed by atoms with Gasteiger partial charge in [-0.2, -0.15) is 0 Å². The van der Waals surface area contributed by atoms with Crippen molar-refractivity contribution in [2.24, 2.45) is 28.1 Å². The van der Waals surface area contributed by atoms with Crippen molar-refractivity contribution in [3.8, 4) is 0 Å². The topological polar surface area (TPSA) is 142 Å². The van der Waals surface area contributed by atoms with Crippen LogP contribution in [-0.2, 0) is 33.3 Å². The Morgan fingerprint density at radius 2 is 1.83 bits per heavy atom. The molecule has 0 unspecified atom stereocenters. The van der Waals surface area contributed by atoms with E-state index in [1.165, 1.54) is 12.5 Å². The van der Waals surface area contributed by atoms with Crippen molar-refractivity contribution in [2.75, 3.05) is 6.61 Å². The Morgan fingerprint density at radius 1 is 1.08 bits per heavy atom. The molecular weight excluding hydrogens is 472 g/mol. The molecule has 0 amide bonds. The van der Waals surface area contributed by atoms with E-state index in [1.807, 2.05) is 13.8 Å². The van der Waals surface area contributed by atoms with Crippen LogP contribution in [0.2, 0.25) is 0 Å². The number of cyclic esters (lactones) is 1. The molecule has 6 aliphatic rings. The minimum Gasteiger partial charge on any atom is -0.472 e. The predicted octanol–water partition coefficient (Wildman–Crippen LogP) is 1.43. The fourth-order valence-electron chi connectivity index (χ4n) is 9.23. The fraction of sp³-hybridized carbons (Fsp3) is 0.731. The molecule has 10 atom stereocenters. The smallest absolute Gasteiger partial charge is 0.337 e. The highest BCUT2D eigenvalue weighted by molar-refractivity contribution is 5.89. The Bertz CT molecular complexity index is 1210. The summed E-state index contributed by atoms with van der Waals surface area (Å²) in [6, 6.07) is 1.74. The van der Waals surface area contributed by atoms with E-state index in [0.29, 0.717) is 12.0 Å². The molecule has 194 valence electrons. The molecular formula is C26H30O10. The summed E-state index contributed by atoms with van der Waals surface area (Å²) >= 11 is 0. The van der Waals surface area contributed by atoms with Crippen LogP contribution < -0.4 is 0 Å². The van der Waals surface area contributed by atoms with E-state index in [2.05, 4.69) is 0 Å². The summed E-state index contributed by atoms with van der Waals surface area (Å²) in [7, 11) is 0. The van der Waals surface area contributed by atoms with Gasteiger partial charge in [-0.05, 0) is 12.5 Å². The van der Waals surface area contributed by atoms with Crippen LogP contribution in [-0.4, -0.2) is 63.7 Å². The highest BCUT2D eigenvalue weighted by atomic mass is 16.7. The van der Waals surface area contributed by atoms with E-state index in [-0.39, 0.29) is 25.2 Å². The first-order valence-electron chi connectivity index (χ1n) is 12.5. The molecule has 10 nitrogen and oxygen atoms in total. The molecule has 6 fully saturated rings. The lowest BCUT2D eigenvalue weighted by atomic mass is 9.46. The first-order valence-corrected chi connectivity index (χ1v) is 12.5. The fourth-order valence-corrected chi connectivity index (χ4v) is 9.23. The zero-order valence-corrected chi connectivity index (χ0v) is 20.6. The monoisotopic (exact) mass is 502 g/mol. The number of esters is 2. The van der Waals surface area contributed by atoms with Gasteiger partial charge in [-0.1, -0.05) is 27.7 Å². The van der Waals surface area contributed by atoms with Crippen molar-refractivity contribution in [1.82, 2.24) is 0 Å². The molecule has 2 N–H and O–H groups in total. The van der Waals surface area contributed by atoms with Gasteiger partial charge in [0, 0.05) is 28.7 Å². The number of hydrogen-bond donors (Lipinski definition) is 2. The third-order valence-electron chi connectivity index (χ3n) is 10.9. The van der Waals surface area contributed by atoms with Gasteiger partial charge in [0.05, 0.1) is 42.5 Å². The molecule has 4 aliphatic heterocycles. The van der Waals surface area contributed by atoms with Gasteiger partial charge in [0.2, 0.25) is 5.79 Å². The van der Waals surface area contributed by atoms with Crippen molar-refractivity contribution in [3.63, 3.8) is 0 Å². The van der Waals surface area contributed by atoms with Gasteiger partial charge < -0.3 is 33.6 Å². The van der Waals surface area contributed by atoms with Crippen molar-refractivity contribution < 1.29 is 48.0 Å². The zero-order chi connectivity index (χ0) is 25.7. The second-order valence-electron chi connectivity index (χ2n) is 12.6. The summed E-state index contributed by atoms with van der Waals surface area (Å²) in [5.41, 5.74) is -5.94. The number of ketones is 1. The molecule has 0 aromatic carbocycles. The molecule has 3 bridgehead atoms. The number of aliphatic hydroxyl groups is 2. The van der Waals surface area contributed by atoms with Crippen LogP contribution in [0.1, 0.15) is 58.6 Å². The Morgan fingerprint density at radius 3 is 2.53 bits per heavy atom. The number of carbonyl (C=O) groups excluding carboxylic acids is 3. The second-order valence-corrected chi connectivity index (χ2v) is 12.6. The molecule has 36 heavy (non-hydrogen) atoms. The first-order chi connectivity index (χ1) is 16.8. The molecule has 0 radical (unpaired) electrons. The largest absolute Gasteiger partial charge is 0.472 e. The van der Waals surface area contributed by atoms with Crippen molar-refractivity contribution in [1.29, 1.82) is 0 Å². The second kappa shape index (κ2) is 6.23. The molecule has 1 aromatic rings. The minimum atomic E-state index is -1.77. The van der Waals surface area contributed by atoms with E-state index < -0.39 is 75.3 Å². The molecule has 2 saturated carbocycles. The number of Topliss-reactive ketones (excluding diaryl/α,β-unsaturated/α-hetero) is 1. The third-order valence-corrected chi connectivity index (χ3v) is 10.9. The van der Waals surface area contributed by atoms with Gasteiger partial charge in [-0.15, -0.1) is 0 Å². The van der Waals surface area contributed by atoms with Crippen LogP contribution in [0.5, 0.6) is 0 Å². The molecule has 7 rings (SSSR count). The summed E-state index contributed by atoms with van der Waals surface area (Å²) in [5.74, 6) is -5.16. The van der Waals surface area contributed by atoms with E-state index >= 15 is 0 Å². The number of furan rings is 1. The third kappa shape index (κ3) is 2.06. The standard InChI is InChI=1S/C26H30O10/c1-21(2)14(27)7-15-23(4)18(21)17(29)20(30)36-26(23)13-8-22(3,19(35-26)12-5-6-32-10-12)25(34-15)9-16(28)33-11-24(13,25)31/h5-6,10,13,15,17-19,29,31H,7-9,11H2,1-4H3/t13-,15-,17+,18-,19+,22-,23-,24+,25-,26+/m0/s1. The van der Waals surface area contributed by atoms with Crippen LogP contribution in [0.4, 0.5) is 0 Å². The van der Waals surface area contributed by atoms with Crippen LogP contribution >= 0.6 is 0 Å². The van der Waals surface area contributed by atoms with Crippen molar-refractivity contribution >= 4 is 17.7 Å². The number of rotatable bonds is 1. The maximum Gasteiger partial charge on any atom is 0.337 e. The molecule has 2 aliphatic carbocycles. The Hall–Kier alpha value is -2.27. The molecule has 1 spiro atoms. The van der Waals surface area contributed by atoms with Gasteiger partial charge in [0.1, 0.15) is 23.6 Å². The van der Waals surface area contributed by atoms with E-state index in [4.69, 9.17) is 23.4 Å². The van der Waals surface area contributed by atoms with Crippen molar-refractivity contribution in [3.05, 3.63) is 24.2 Å². The van der Waals surface area contributed by atoms with Crippen LogP contribution in [0, 0.1) is 28.1 Å². The Kier molecular flexibility index (Phi) is 3.96. The molecule has 1 aromatic heterocycles. The summed E-state index contributed by atoms with van der Waals surface area (Å²) in [6.07, 6.45) is -0.238. The van der Waals surface area contributed by atoms with Gasteiger partial charge in [-0.25, -0.2) is 4.79 Å². The summed E-state index contributed by atoms with van der Waals surface area (Å²) < 4.78 is 30.8. The zero-order valence-electron chi connectivity index (χ0n) is 20.6. The van der Waals surface area contributed by atoms with Gasteiger partial charge in [0.25, 0.3) is 0 Å². The van der Waals surface area contributed by atoms with Crippen molar-refractivity contribution in [2.45, 2.75) is 82.3 Å². The maximum atomic E-state index is 13.5. The van der Waals surface area contributed by atoms with Gasteiger partial charge >= 0.3 is 11.9 Å². The SMILES string of the molecule is CC1(C)C(=O)C[C@@H]2O[C@]34CC(=O)OC[C@@]3(O)[C@@H]3C[C@@]4(C)[C@@H](c4ccoc4)O[C@@]34OC(=O)[C@H](O)[C@@H]1[C@]24C. The van der Waals surface area contributed by atoms with Gasteiger partial charge in [-0.3, -0.25) is 9.59 Å². The van der Waals surface area contributed by atoms with Crippen LogP contribution in [0.3, 0.4) is 0 Å². The number of fused-ring (bicyclic) bond motifs is 1. The Labute approximate surface area is 207 Å². The Balaban J connectivity index is 1.58. The predicted molar refractivity (Wildman–Crippen MR) is 117 cm³/mol. The quantitative estimate of drug-likeness (QED) is 0.542. The highest BCUT2D eigenvalue weighted by Gasteiger charge is 2.91. The van der Waals surface area contributed by atoms with Gasteiger partial charge in [0.15, 0.2) is 6.10 Å². The van der Waals surface area contributed by atoms with Crippen LogP contribution in [0.15, 0.2) is 23.0 Å². The lowest BCUT2D eigenvalue weighted by molar-refractivity contribution is -0.423. The number of hydrogen-bond acceptors (Lipinski definition) is 10. The summed E-state index contributed by atoms with van der Waals surface area (Å²) in [5, 5.41) is 23.7. The number of ether oxygens (including phenoxy) is 4. The summed E-state index contributed by atoms with van der Waals surface area (Å²) in [6.45, 7) is 6.78. The minimum absolute atomic E-state index is 0.0402. The average Bonchev–Trinajstić information content (AvgIpc) is 3.37. The summed E-state index contributed by atoms with van der Waals surface area (Å²) in [4.78, 5) is 39.7. The highest BCUT2D eigenvalue weighted by Crippen LogP contribution is 2.79.